The third kappa shape index (κ3) is 9.47. The maximum absolute atomic E-state index is 12.0. The lowest BCUT2D eigenvalue weighted by molar-refractivity contribution is -0.153. The molecule has 23 heavy (non-hydrogen) atoms. The molecule has 0 aliphatic rings. The Hall–Kier alpha value is -2.14. The van der Waals surface area contributed by atoms with Crippen molar-refractivity contribution in [1.82, 2.24) is 5.32 Å². The topological polar surface area (TPSA) is 68.9 Å². The molecule has 128 valence electrons. The van der Waals surface area contributed by atoms with Crippen molar-refractivity contribution in [1.29, 1.82) is 10.7 Å². The van der Waals surface area contributed by atoms with Crippen LogP contribution in [0.25, 0.3) is 0 Å². The molecule has 0 saturated heterocycles. The quantitative estimate of drug-likeness (QED) is 0.636. The number of alkyl halides is 3. The van der Waals surface area contributed by atoms with Crippen molar-refractivity contribution in [2.45, 2.75) is 26.9 Å². The predicted molar refractivity (Wildman–Crippen MR) is 89.3 cm³/mol. The Kier molecular flexibility index (Phi) is 12.5. The van der Waals surface area contributed by atoms with Crippen molar-refractivity contribution in [3.63, 3.8) is 0 Å². The van der Waals surface area contributed by atoms with Gasteiger partial charge in [-0.15, -0.1) is 0 Å². The van der Waals surface area contributed by atoms with E-state index < -0.39 is 12.8 Å². The minimum atomic E-state index is -4.44. The summed E-state index contributed by atoms with van der Waals surface area (Å²) in [5, 5.41) is 17.3. The normalized spacial score (nSPS) is 9.26. The van der Waals surface area contributed by atoms with Crippen molar-refractivity contribution in [2.24, 2.45) is 0 Å². The number of nitriles is 1. The smallest absolute Gasteiger partial charge is 0.422 e. The summed E-state index contributed by atoms with van der Waals surface area (Å²) in [6, 6.07) is 6.01. The summed E-state index contributed by atoms with van der Waals surface area (Å²) in [6.45, 7) is 7.55. The number of nitrogens with one attached hydrogen (secondary N) is 2. The van der Waals surface area contributed by atoms with Crippen molar-refractivity contribution >= 4 is 23.9 Å². The molecule has 8 heteroatoms. The Morgan fingerprint density at radius 3 is 2.39 bits per heavy atom. The summed E-state index contributed by atoms with van der Waals surface area (Å²) in [6.07, 6.45) is -4.44. The Balaban J connectivity index is 0. The lowest BCUT2D eigenvalue weighted by atomic mass is 10.1. The Morgan fingerprint density at radius 2 is 1.96 bits per heavy atom. The van der Waals surface area contributed by atoms with Crippen LogP contribution in [0.1, 0.15) is 31.9 Å². The average molecular weight is 347 g/mol. The number of benzene rings is 1. The zero-order chi connectivity index (χ0) is 18.5. The van der Waals surface area contributed by atoms with Crippen LogP contribution >= 0.6 is 12.2 Å². The number of hydrogen-bond donors (Lipinski definition) is 2. The van der Waals surface area contributed by atoms with E-state index in [1.807, 2.05) is 20.8 Å². The van der Waals surface area contributed by atoms with E-state index in [0.717, 1.165) is 0 Å². The van der Waals surface area contributed by atoms with Crippen LogP contribution in [-0.4, -0.2) is 31.0 Å². The molecule has 0 heterocycles. The van der Waals surface area contributed by atoms with E-state index >= 15 is 0 Å². The van der Waals surface area contributed by atoms with Crippen LogP contribution in [0.3, 0.4) is 0 Å². The zero-order valence-corrected chi connectivity index (χ0v) is 14.1. The first-order valence-electron chi connectivity index (χ1n) is 6.74. The highest BCUT2D eigenvalue weighted by molar-refractivity contribution is 7.80. The Morgan fingerprint density at radius 1 is 1.39 bits per heavy atom. The predicted octanol–water partition coefficient (Wildman–Crippen LogP) is 4.08. The summed E-state index contributed by atoms with van der Waals surface area (Å²) in [5.74, 6) is -0.108. The molecule has 0 aliphatic carbocycles. The summed E-state index contributed by atoms with van der Waals surface area (Å²) >= 11 is 5.05. The number of halogens is 3. The summed E-state index contributed by atoms with van der Waals surface area (Å²) in [7, 11) is 0. The van der Waals surface area contributed by atoms with Gasteiger partial charge in [0.1, 0.15) is 16.8 Å². The van der Waals surface area contributed by atoms with Crippen LogP contribution in [-0.2, 0) is 0 Å². The van der Waals surface area contributed by atoms with E-state index in [9.17, 15) is 13.2 Å². The first kappa shape index (κ1) is 23.1. The highest BCUT2D eigenvalue weighted by Crippen LogP contribution is 2.23. The van der Waals surface area contributed by atoms with Crippen LogP contribution in [0.5, 0.6) is 5.75 Å². The molecule has 0 aliphatic heterocycles. The van der Waals surface area contributed by atoms with Gasteiger partial charge >= 0.3 is 6.18 Å². The number of nitrogens with zero attached hydrogens (tertiary/aromatic N) is 1. The first-order valence-corrected chi connectivity index (χ1v) is 7.15. The molecule has 1 aromatic rings. The fraction of sp³-hybridized carbons (Fsp3) is 0.400. The molecule has 0 radical (unpaired) electrons. The molecule has 0 atom stereocenters. The number of thiocarbonyl (C=S) groups is 1. The van der Waals surface area contributed by atoms with Gasteiger partial charge in [0.05, 0.1) is 5.56 Å². The molecular weight excluding hydrogens is 327 g/mol. The van der Waals surface area contributed by atoms with Crippen LogP contribution < -0.4 is 10.1 Å². The largest absolute Gasteiger partial charge is 0.483 e. The molecule has 0 aromatic heterocycles. The summed E-state index contributed by atoms with van der Waals surface area (Å²) in [5.41, 5.74) is 0.578. The SMILES string of the molecule is C=N.CC.CCNC(=S)c1ccc(OCC(F)(F)F)c(C#N)c1. The van der Waals surface area contributed by atoms with Crippen molar-refractivity contribution in [3.8, 4) is 11.8 Å². The van der Waals surface area contributed by atoms with Gasteiger partial charge in [-0.1, -0.05) is 26.1 Å². The summed E-state index contributed by atoms with van der Waals surface area (Å²) < 4.78 is 40.7. The molecule has 1 rings (SSSR count). The lowest BCUT2D eigenvalue weighted by Crippen LogP contribution is -2.22. The monoisotopic (exact) mass is 347 g/mol. The standard InChI is InChI=1S/C12H11F3N2OS.C2H6.CH3N/c1-2-17-11(19)8-3-4-10(9(5-8)6-16)18-7-12(13,14)15;2*1-2/h3-5H,2,7H2,1H3,(H,17,19);1-2H3;2H,1H2. The second-order valence-electron chi connectivity index (χ2n) is 3.59. The highest BCUT2D eigenvalue weighted by atomic mass is 32.1. The average Bonchev–Trinajstić information content (AvgIpc) is 2.56. The van der Waals surface area contributed by atoms with Gasteiger partial charge in [0.15, 0.2) is 6.61 Å². The first-order chi connectivity index (χ1) is 10.9. The third-order valence-electron chi connectivity index (χ3n) is 2.09. The van der Waals surface area contributed by atoms with Gasteiger partial charge < -0.3 is 15.5 Å². The van der Waals surface area contributed by atoms with Gasteiger partial charge in [0.2, 0.25) is 0 Å². The van der Waals surface area contributed by atoms with Gasteiger partial charge in [-0.25, -0.2) is 0 Å². The molecule has 0 fully saturated rings. The van der Waals surface area contributed by atoms with Gasteiger partial charge in [-0.05, 0) is 31.8 Å². The van der Waals surface area contributed by atoms with Crippen LogP contribution in [0.4, 0.5) is 13.2 Å². The molecule has 4 nitrogen and oxygen atoms in total. The van der Waals surface area contributed by atoms with E-state index in [2.05, 4.69) is 16.8 Å². The van der Waals surface area contributed by atoms with E-state index in [4.69, 9.17) is 22.9 Å². The molecule has 0 amide bonds. The highest BCUT2D eigenvalue weighted by Gasteiger charge is 2.28. The van der Waals surface area contributed by atoms with Crippen molar-refractivity contribution < 1.29 is 17.9 Å². The maximum Gasteiger partial charge on any atom is 0.422 e. The minimum absolute atomic E-state index is 0.0157. The number of ether oxygens (including phenoxy) is 1. The van der Waals surface area contributed by atoms with Gasteiger partial charge in [-0.2, -0.15) is 18.4 Å². The molecular formula is C15H20F3N3OS. The number of hydrogen-bond acceptors (Lipinski definition) is 4. The Bertz CT molecular complexity index is 528. The zero-order valence-electron chi connectivity index (χ0n) is 13.3. The fourth-order valence-electron chi connectivity index (χ4n) is 1.31. The molecule has 0 saturated carbocycles. The second-order valence-corrected chi connectivity index (χ2v) is 3.99. The van der Waals surface area contributed by atoms with Gasteiger partial charge in [0, 0.05) is 12.1 Å². The van der Waals surface area contributed by atoms with E-state index in [-0.39, 0.29) is 11.3 Å². The second kappa shape index (κ2) is 12.4. The van der Waals surface area contributed by atoms with Gasteiger partial charge in [0.25, 0.3) is 0 Å². The maximum atomic E-state index is 12.0. The Labute approximate surface area is 139 Å². The minimum Gasteiger partial charge on any atom is -0.483 e. The van der Waals surface area contributed by atoms with Crippen molar-refractivity contribution in [2.75, 3.05) is 13.2 Å². The molecule has 0 bridgehead atoms. The van der Waals surface area contributed by atoms with Crippen LogP contribution in [0.15, 0.2) is 18.2 Å². The van der Waals surface area contributed by atoms with Crippen LogP contribution in [0, 0.1) is 16.7 Å². The third-order valence-corrected chi connectivity index (χ3v) is 2.47. The molecule has 1 aromatic carbocycles. The molecule has 0 spiro atoms. The lowest BCUT2D eigenvalue weighted by Gasteiger charge is -2.12. The fourth-order valence-corrected chi connectivity index (χ4v) is 1.58. The molecule has 0 unspecified atom stereocenters. The van der Waals surface area contributed by atoms with E-state index in [1.54, 1.807) is 6.07 Å². The van der Waals surface area contributed by atoms with Gasteiger partial charge in [-0.3, -0.25) is 0 Å². The molecule has 2 N–H and O–H groups in total. The summed E-state index contributed by atoms with van der Waals surface area (Å²) in [4.78, 5) is 0.432. The van der Waals surface area contributed by atoms with Crippen molar-refractivity contribution in [3.05, 3.63) is 29.3 Å². The van der Waals surface area contributed by atoms with Crippen LogP contribution in [0.2, 0.25) is 0 Å². The van der Waals surface area contributed by atoms with E-state index in [1.165, 1.54) is 18.2 Å². The number of rotatable bonds is 4. The van der Waals surface area contributed by atoms with E-state index in [0.29, 0.717) is 17.1 Å².